The minimum atomic E-state index is -0.202. The van der Waals surface area contributed by atoms with Gasteiger partial charge in [-0.05, 0) is 29.5 Å². The van der Waals surface area contributed by atoms with Gasteiger partial charge in [0.15, 0.2) is 12.2 Å². The van der Waals surface area contributed by atoms with Crippen molar-refractivity contribution in [3.05, 3.63) is 53.0 Å². The second-order valence-electron chi connectivity index (χ2n) is 5.50. The monoisotopic (exact) mass is 294 g/mol. The van der Waals surface area contributed by atoms with Gasteiger partial charge in [-0.3, -0.25) is 4.68 Å². The van der Waals surface area contributed by atoms with E-state index in [2.05, 4.69) is 21.3 Å². The second kappa shape index (κ2) is 4.91. The number of aromatic nitrogens is 3. The number of rotatable bonds is 3. The summed E-state index contributed by atoms with van der Waals surface area (Å²) in [7, 11) is 1.88. The Morgan fingerprint density at radius 1 is 1.41 bits per heavy atom. The zero-order valence-corrected chi connectivity index (χ0v) is 12.1. The zero-order chi connectivity index (χ0) is 15.1. The number of nitrogens with zero attached hydrogens (tertiary/aromatic N) is 4. The van der Waals surface area contributed by atoms with E-state index >= 15 is 0 Å². The summed E-state index contributed by atoms with van der Waals surface area (Å²) in [6, 6.07) is 5.93. The van der Waals surface area contributed by atoms with Crippen molar-refractivity contribution in [2.24, 2.45) is 12.2 Å². The van der Waals surface area contributed by atoms with Gasteiger partial charge in [-0.25, -0.2) is 4.98 Å². The molecule has 2 heterocycles. The standard InChI is InChI=1S/C16H14N4O2/c1-20-8-13(16(18-20)15-7-17-9-22-15)11-2-4-12-10(6-11)3-5-14(12)19-21/h2,4,6-9,14H,3,5H2,1H3. The van der Waals surface area contributed by atoms with Crippen molar-refractivity contribution in [3.63, 3.8) is 0 Å². The summed E-state index contributed by atoms with van der Waals surface area (Å²) in [5, 5.41) is 7.67. The minimum absolute atomic E-state index is 0.202. The summed E-state index contributed by atoms with van der Waals surface area (Å²) >= 11 is 0. The Kier molecular flexibility index (Phi) is 2.89. The average molecular weight is 294 g/mol. The molecule has 1 aliphatic carbocycles. The molecule has 6 heteroatoms. The molecule has 0 saturated carbocycles. The lowest BCUT2D eigenvalue weighted by molar-refractivity contribution is 0.568. The molecule has 1 aromatic carbocycles. The average Bonchev–Trinajstić information content (AvgIpc) is 3.25. The van der Waals surface area contributed by atoms with E-state index in [0.717, 1.165) is 35.2 Å². The quantitative estimate of drug-likeness (QED) is 0.693. The minimum Gasteiger partial charge on any atom is -0.442 e. The molecule has 2 aromatic heterocycles. The van der Waals surface area contributed by atoms with E-state index in [0.29, 0.717) is 5.76 Å². The first kappa shape index (κ1) is 12.9. The van der Waals surface area contributed by atoms with Gasteiger partial charge >= 0.3 is 0 Å². The topological polar surface area (TPSA) is 73.3 Å². The van der Waals surface area contributed by atoms with E-state index in [-0.39, 0.29) is 6.04 Å². The molecule has 0 aliphatic heterocycles. The van der Waals surface area contributed by atoms with E-state index in [1.807, 2.05) is 25.4 Å². The van der Waals surface area contributed by atoms with Crippen LogP contribution >= 0.6 is 0 Å². The van der Waals surface area contributed by atoms with Gasteiger partial charge < -0.3 is 4.42 Å². The molecule has 6 nitrogen and oxygen atoms in total. The zero-order valence-electron chi connectivity index (χ0n) is 12.1. The second-order valence-corrected chi connectivity index (χ2v) is 5.50. The van der Waals surface area contributed by atoms with E-state index in [9.17, 15) is 4.91 Å². The molecule has 0 radical (unpaired) electrons. The molecule has 1 aliphatic rings. The van der Waals surface area contributed by atoms with Gasteiger partial charge in [-0.1, -0.05) is 23.4 Å². The first-order valence-corrected chi connectivity index (χ1v) is 7.14. The van der Waals surface area contributed by atoms with Gasteiger partial charge in [0.2, 0.25) is 0 Å². The lowest BCUT2D eigenvalue weighted by Crippen LogP contribution is -1.88. The maximum Gasteiger partial charge on any atom is 0.181 e. The highest BCUT2D eigenvalue weighted by atomic mass is 16.3. The van der Waals surface area contributed by atoms with Gasteiger partial charge in [-0.15, -0.1) is 0 Å². The van der Waals surface area contributed by atoms with E-state index in [4.69, 9.17) is 4.42 Å². The van der Waals surface area contributed by atoms with Crippen LogP contribution in [0, 0.1) is 4.91 Å². The van der Waals surface area contributed by atoms with Crippen molar-refractivity contribution >= 4 is 0 Å². The maximum atomic E-state index is 10.9. The first-order valence-electron chi connectivity index (χ1n) is 7.14. The number of aryl methyl sites for hydroxylation is 2. The number of fused-ring (bicyclic) bond motifs is 1. The van der Waals surface area contributed by atoms with Crippen LogP contribution in [0.15, 0.2) is 46.6 Å². The van der Waals surface area contributed by atoms with E-state index in [1.165, 1.54) is 12.0 Å². The number of hydrogen-bond acceptors (Lipinski definition) is 5. The van der Waals surface area contributed by atoms with Crippen LogP contribution in [0.4, 0.5) is 0 Å². The highest BCUT2D eigenvalue weighted by Gasteiger charge is 2.24. The summed E-state index contributed by atoms with van der Waals surface area (Å²) in [6.45, 7) is 0. The van der Waals surface area contributed by atoms with Crippen molar-refractivity contribution in [1.82, 2.24) is 14.8 Å². The SMILES string of the molecule is Cn1cc(-c2ccc3c(c2)CCC3N=O)c(-c2cnco2)n1. The van der Waals surface area contributed by atoms with Crippen LogP contribution < -0.4 is 0 Å². The Hall–Kier alpha value is -2.76. The number of benzene rings is 1. The van der Waals surface area contributed by atoms with Gasteiger partial charge in [0.05, 0.1) is 6.20 Å². The molecule has 0 spiro atoms. The number of nitroso groups, excluding NO2 is 1. The molecule has 1 unspecified atom stereocenters. The summed E-state index contributed by atoms with van der Waals surface area (Å²) in [5.74, 6) is 0.642. The molecule has 1 atom stereocenters. The van der Waals surface area contributed by atoms with Gasteiger partial charge in [0.1, 0.15) is 11.7 Å². The first-order chi connectivity index (χ1) is 10.8. The highest BCUT2D eigenvalue weighted by Crippen LogP contribution is 2.38. The van der Waals surface area contributed by atoms with Crippen LogP contribution in [-0.4, -0.2) is 14.8 Å². The molecule has 0 N–H and O–H groups in total. The Labute approximate surface area is 126 Å². The third kappa shape index (κ3) is 1.95. The van der Waals surface area contributed by atoms with E-state index in [1.54, 1.807) is 10.9 Å². The lowest BCUT2D eigenvalue weighted by atomic mass is 10.00. The van der Waals surface area contributed by atoms with Gasteiger partial charge in [-0.2, -0.15) is 10.0 Å². The summed E-state index contributed by atoms with van der Waals surface area (Å²) < 4.78 is 7.14. The molecule has 0 saturated heterocycles. The van der Waals surface area contributed by atoms with Crippen LogP contribution in [0.1, 0.15) is 23.6 Å². The fourth-order valence-electron chi connectivity index (χ4n) is 3.09. The van der Waals surface area contributed by atoms with Crippen molar-refractivity contribution in [3.8, 4) is 22.6 Å². The maximum absolute atomic E-state index is 10.9. The fourth-order valence-corrected chi connectivity index (χ4v) is 3.09. The molecule has 3 aromatic rings. The third-order valence-electron chi connectivity index (χ3n) is 4.12. The molecule has 0 bridgehead atoms. The molecular formula is C16H14N4O2. The van der Waals surface area contributed by atoms with E-state index < -0.39 is 0 Å². The molecule has 110 valence electrons. The number of oxazole rings is 1. The lowest BCUT2D eigenvalue weighted by Gasteiger charge is -2.05. The molecule has 0 fully saturated rings. The molecule has 22 heavy (non-hydrogen) atoms. The Morgan fingerprint density at radius 3 is 3.09 bits per heavy atom. The van der Waals surface area contributed by atoms with Crippen molar-refractivity contribution in [1.29, 1.82) is 0 Å². The highest BCUT2D eigenvalue weighted by molar-refractivity contribution is 5.78. The van der Waals surface area contributed by atoms with Crippen LogP contribution in [0.5, 0.6) is 0 Å². The largest absolute Gasteiger partial charge is 0.442 e. The predicted molar refractivity (Wildman–Crippen MR) is 81.0 cm³/mol. The van der Waals surface area contributed by atoms with Crippen molar-refractivity contribution < 1.29 is 4.42 Å². The fraction of sp³-hybridized carbons (Fsp3) is 0.250. The Morgan fingerprint density at radius 2 is 2.32 bits per heavy atom. The van der Waals surface area contributed by atoms with Gasteiger partial charge in [0, 0.05) is 18.8 Å². The van der Waals surface area contributed by atoms with Crippen LogP contribution in [0.3, 0.4) is 0 Å². The summed E-state index contributed by atoms with van der Waals surface area (Å²) in [6.07, 6.45) is 6.70. The normalized spacial score (nSPS) is 16.7. The van der Waals surface area contributed by atoms with Crippen LogP contribution in [0.25, 0.3) is 22.6 Å². The van der Waals surface area contributed by atoms with Crippen molar-refractivity contribution in [2.75, 3.05) is 0 Å². The summed E-state index contributed by atoms with van der Waals surface area (Å²) in [4.78, 5) is 14.8. The van der Waals surface area contributed by atoms with Crippen LogP contribution in [-0.2, 0) is 13.5 Å². The Bertz CT molecular complexity index is 836. The van der Waals surface area contributed by atoms with Crippen LogP contribution in [0.2, 0.25) is 0 Å². The molecule has 0 amide bonds. The predicted octanol–water partition coefficient (Wildman–Crippen LogP) is 3.50. The number of hydrogen-bond donors (Lipinski definition) is 0. The summed E-state index contributed by atoms with van der Waals surface area (Å²) in [5.41, 5.74) is 5.05. The molecular weight excluding hydrogens is 280 g/mol. The van der Waals surface area contributed by atoms with Crippen molar-refractivity contribution in [2.45, 2.75) is 18.9 Å². The Balaban J connectivity index is 1.82. The third-order valence-corrected chi connectivity index (χ3v) is 4.12. The van der Waals surface area contributed by atoms with Gasteiger partial charge in [0.25, 0.3) is 0 Å². The molecule has 4 rings (SSSR count). The smallest absolute Gasteiger partial charge is 0.181 e.